The molecule has 0 aliphatic heterocycles. The number of nitrogens with one attached hydrogen (secondary N) is 2. The largest absolute Gasteiger partial charge is 0.346 e. The van der Waals surface area contributed by atoms with Gasteiger partial charge in [0.1, 0.15) is 10.7 Å². The minimum Gasteiger partial charge on any atom is -0.346 e. The number of sulfonamides is 1. The third-order valence-corrected chi connectivity index (χ3v) is 6.33. The quantitative estimate of drug-likeness (QED) is 0.554. The van der Waals surface area contributed by atoms with Crippen LogP contribution in [0.1, 0.15) is 34.5 Å². The maximum absolute atomic E-state index is 13.1. The zero-order chi connectivity index (χ0) is 21.9. The van der Waals surface area contributed by atoms with E-state index in [1.165, 1.54) is 30.3 Å². The predicted molar refractivity (Wildman–Crippen MR) is 116 cm³/mol. The molecule has 3 aromatic rings. The van der Waals surface area contributed by atoms with Crippen LogP contribution < -0.4 is 10.0 Å². The van der Waals surface area contributed by atoms with Crippen molar-refractivity contribution in [2.75, 3.05) is 4.72 Å². The summed E-state index contributed by atoms with van der Waals surface area (Å²) in [6.45, 7) is 3.59. The highest BCUT2D eigenvalue weighted by Crippen LogP contribution is 2.26. The summed E-state index contributed by atoms with van der Waals surface area (Å²) in [5.74, 6) is -0.846. The van der Waals surface area contributed by atoms with Gasteiger partial charge in [0.05, 0.1) is 11.1 Å². The summed E-state index contributed by atoms with van der Waals surface area (Å²) in [4.78, 5) is 12.4. The van der Waals surface area contributed by atoms with Gasteiger partial charge in [0.2, 0.25) is 0 Å². The Morgan fingerprint density at radius 2 is 1.73 bits per heavy atom. The number of carbonyl (C=O) groups is 1. The lowest BCUT2D eigenvalue weighted by Crippen LogP contribution is -2.27. The minimum absolute atomic E-state index is 0.00159. The van der Waals surface area contributed by atoms with Crippen LogP contribution in [0, 0.1) is 12.7 Å². The monoisotopic (exact) mass is 446 g/mol. The molecule has 2 N–H and O–H groups in total. The summed E-state index contributed by atoms with van der Waals surface area (Å²) >= 11 is 6.11. The van der Waals surface area contributed by atoms with E-state index in [1.54, 1.807) is 37.3 Å². The summed E-state index contributed by atoms with van der Waals surface area (Å²) < 4.78 is 41.2. The van der Waals surface area contributed by atoms with Crippen LogP contribution in [-0.2, 0) is 10.0 Å². The molecule has 0 fully saturated rings. The third kappa shape index (κ3) is 5.17. The average molecular weight is 447 g/mol. The first-order valence-electron chi connectivity index (χ1n) is 9.11. The summed E-state index contributed by atoms with van der Waals surface area (Å²) in [5.41, 5.74) is 2.14. The number of amides is 1. The fourth-order valence-electron chi connectivity index (χ4n) is 2.88. The maximum Gasteiger partial charge on any atom is 0.263 e. The lowest BCUT2D eigenvalue weighted by molar-refractivity contribution is 0.0939. The average Bonchev–Trinajstić information content (AvgIpc) is 2.68. The Hall–Kier alpha value is -2.90. The van der Waals surface area contributed by atoms with Gasteiger partial charge in [-0.3, -0.25) is 9.52 Å². The second kappa shape index (κ2) is 8.85. The summed E-state index contributed by atoms with van der Waals surface area (Å²) in [7, 11) is -4.01. The summed E-state index contributed by atoms with van der Waals surface area (Å²) in [6, 6.07) is 16.3. The molecule has 30 heavy (non-hydrogen) atoms. The normalized spacial score (nSPS) is 12.3. The molecule has 8 heteroatoms. The van der Waals surface area contributed by atoms with Crippen molar-refractivity contribution in [2.45, 2.75) is 24.8 Å². The first-order chi connectivity index (χ1) is 14.2. The van der Waals surface area contributed by atoms with Crippen LogP contribution in [0.4, 0.5) is 10.1 Å². The van der Waals surface area contributed by atoms with Crippen molar-refractivity contribution in [2.24, 2.45) is 0 Å². The highest BCUT2D eigenvalue weighted by molar-refractivity contribution is 7.92. The Kier molecular flexibility index (Phi) is 6.43. The molecule has 0 heterocycles. The van der Waals surface area contributed by atoms with Gasteiger partial charge in [-0.25, -0.2) is 12.8 Å². The zero-order valence-electron chi connectivity index (χ0n) is 16.3. The Morgan fingerprint density at radius 3 is 2.40 bits per heavy atom. The van der Waals surface area contributed by atoms with Crippen molar-refractivity contribution in [1.82, 2.24) is 5.32 Å². The Labute approximate surface area is 179 Å². The van der Waals surface area contributed by atoms with Gasteiger partial charge in [-0.15, -0.1) is 0 Å². The number of aryl methyl sites for hydroxylation is 1. The molecule has 156 valence electrons. The predicted octanol–water partition coefficient (Wildman–Crippen LogP) is 5.08. The molecule has 0 aliphatic carbocycles. The second-order valence-corrected chi connectivity index (χ2v) is 8.92. The smallest absolute Gasteiger partial charge is 0.263 e. The van der Waals surface area contributed by atoms with E-state index in [2.05, 4.69) is 10.0 Å². The van der Waals surface area contributed by atoms with Gasteiger partial charge in [-0.05, 0) is 67.4 Å². The first kappa shape index (κ1) is 21.8. The lowest BCUT2D eigenvalue weighted by atomic mass is 10.1. The van der Waals surface area contributed by atoms with E-state index in [0.717, 1.165) is 5.56 Å². The van der Waals surface area contributed by atoms with E-state index in [0.29, 0.717) is 11.3 Å². The highest BCUT2D eigenvalue weighted by atomic mass is 35.5. The first-order valence-corrected chi connectivity index (χ1v) is 11.0. The number of benzene rings is 3. The Balaban J connectivity index is 1.83. The molecule has 0 saturated carbocycles. The molecule has 1 amide bonds. The van der Waals surface area contributed by atoms with Crippen LogP contribution in [0.3, 0.4) is 0 Å². The molecule has 0 unspecified atom stereocenters. The number of hydrogen-bond donors (Lipinski definition) is 2. The van der Waals surface area contributed by atoms with Crippen LogP contribution in [0.15, 0.2) is 71.6 Å². The second-order valence-electron chi connectivity index (χ2n) is 6.87. The van der Waals surface area contributed by atoms with E-state index in [1.807, 2.05) is 13.0 Å². The number of carbonyl (C=O) groups excluding carboxylic acids is 1. The van der Waals surface area contributed by atoms with Gasteiger partial charge in [-0.2, -0.15) is 0 Å². The standard InChI is InChI=1S/C22H20ClFN2O3S/c1-14-4-3-5-19(12-14)26-30(28,29)21-13-17(8-11-20(21)23)22(27)25-15(2)16-6-9-18(24)10-7-16/h3-13,15,26H,1-2H3,(H,25,27)/t15-/m0/s1. The van der Waals surface area contributed by atoms with E-state index in [4.69, 9.17) is 11.6 Å². The SMILES string of the molecule is Cc1cccc(NS(=O)(=O)c2cc(C(=O)N[C@@H](C)c3ccc(F)cc3)ccc2Cl)c1. The number of rotatable bonds is 6. The highest BCUT2D eigenvalue weighted by Gasteiger charge is 2.21. The molecule has 0 spiro atoms. The molecule has 0 saturated heterocycles. The van der Waals surface area contributed by atoms with Crippen LogP contribution in [0.2, 0.25) is 5.02 Å². The van der Waals surface area contributed by atoms with E-state index < -0.39 is 22.0 Å². The Bertz CT molecular complexity index is 1180. The van der Waals surface area contributed by atoms with Gasteiger partial charge in [0, 0.05) is 11.3 Å². The molecule has 5 nitrogen and oxygen atoms in total. The molecule has 1 atom stereocenters. The number of hydrogen-bond acceptors (Lipinski definition) is 3. The van der Waals surface area contributed by atoms with Crippen LogP contribution in [0.5, 0.6) is 0 Å². The summed E-state index contributed by atoms with van der Waals surface area (Å²) in [5, 5.41) is 2.77. The molecule has 0 aromatic heterocycles. The molecule has 0 radical (unpaired) electrons. The fraction of sp³-hybridized carbons (Fsp3) is 0.136. The third-order valence-electron chi connectivity index (χ3n) is 4.47. The topological polar surface area (TPSA) is 75.3 Å². The fourth-order valence-corrected chi connectivity index (χ4v) is 4.46. The van der Waals surface area contributed by atoms with Crippen molar-refractivity contribution in [3.8, 4) is 0 Å². The van der Waals surface area contributed by atoms with Crippen LogP contribution in [-0.4, -0.2) is 14.3 Å². The van der Waals surface area contributed by atoms with E-state index >= 15 is 0 Å². The molecule has 3 aromatic carbocycles. The van der Waals surface area contributed by atoms with Gasteiger partial charge in [0.15, 0.2) is 0 Å². The van der Waals surface area contributed by atoms with Gasteiger partial charge < -0.3 is 5.32 Å². The van der Waals surface area contributed by atoms with Crippen molar-refractivity contribution >= 4 is 33.2 Å². The molecular weight excluding hydrogens is 427 g/mol. The van der Waals surface area contributed by atoms with E-state index in [9.17, 15) is 17.6 Å². The minimum atomic E-state index is -4.01. The number of anilines is 1. The van der Waals surface area contributed by atoms with Crippen molar-refractivity contribution in [1.29, 1.82) is 0 Å². The lowest BCUT2D eigenvalue weighted by Gasteiger charge is -2.15. The molecular formula is C22H20ClFN2O3S. The van der Waals surface area contributed by atoms with Crippen molar-refractivity contribution in [3.63, 3.8) is 0 Å². The molecule has 0 aliphatic rings. The van der Waals surface area contributed by atoms with Crippen LogP contribution in [0.25, 0.3) is 0 Å². The zero-order valence-corrected chi connectivity index (χ0v) is 17.9. The maximum atomic E-state index is 13.1. The van der Waals surface area contributed by atoms with Gasteiger partial charge >= 0.3 is 0 Å². The Morgan fingerprint density at radius 1 is 1.03 bits per heavy atom. The van der Waals surface area contributed by atoms with Gasteiger partial charge in [-0.1, -0.05) is 35.9 Å². The summed E-state index contributed by atoms with van der Waals surface area (Å²) in [6.07, 6.45) is 0. The van der Waals surface area contributed by atoms with E-state index in [-0.39, 0.29) is 21.3 Å². The van der Waals surface area contributed by atoms with Crippen LogP contribution >= 0.6 is 11.6 Å². The van der Waals surface area contributed by atoms with Crippen molar-refractivity contribution < 1.29 is 17.6 Å². The van der Waals surface area contributed by atoms with Gasteiger partial charge in [0.25, 0.3) is 15.9 Å². The molecule has 0 bridgehead atoms. The molecule has 3 rings (SSSR count). The van der Waals surface area contributed by atoms with Crippen molar-refractivity contribution in [3.05, 3.63) is 94.3 Å². The number of halogens is 2.